The summed E-state index contributed by atoms with van der Waals surface area (Å²) in [5.74, 6) is 6.64. The van der Waals surface area contributed by atoms with Crippen molar-refractivity contribution in [1.29, 1.82) is 10.7 Å². The number of Topliss-reactive ketones (excluding diaryl/α,β-unsaturated/α-hetero) is 1. The monoisotopic (exact) mass is 1100 g/mol. The number of halogens is 1. The van der Waals surface area contributed by atoms with Crippen LogP contribution in [0.2, 0.25) is 0 Å². The Balaban J connectivity index is 0.000000219. The average Bonchev–Trinajstić information content (AvgIpc) is 4.27. The molecule has 402 valence electrons. The molecule has 0 bridgehead atoms. The number of hydrogen-bond donors (Lipinski definition) is 3. The molecule has 1 aromatic heterocycles. The first kappa shape index (κ1) is 60.1. The standard InChI is InChI=1S/C33H45N6.C27H34FN3O3S2.K/c1-4-5-11-27-12-13-28(33(25-34)23-32(24-33)14-15-32)20-29(27)37(3)30(35)21-31(36-2)39-18-16-38(17-19-39)22-26-9-7-6-8-10-26;1-16-22(36-15-30-16)18-10-8-17(9-11-18)14-29-24(33)20-7-5-6-19(20)21(32)23(26(2,3)35-4)31-25(34)27(28)12-13-27;/h12-13,20-21,26,35H,4,6-10,14-19,22-24H2,1-3H3;8-11,15,19-20,23H,5-7,12-14H2,1-4H3,(H,29,33)(H,31,34);/q-1;;+1/b31-21+,35-30?;;. The zero-order chi connectivity index (χ0) is 53.5. The van der Waals surface area contributed by atoms with Gasteiger partial charge in [0, 0.05) is 48.7 Å². The number of anilines is 1. The summed E-state index contributed by atoms with van der Waals surface area (Å²) in [6.45, 7) is 13.4. The molecular formula is C60H79FKN9O3S2. The molecule has 3 unspecified atom stereocenters. The number of alkyl halides is 1. The molecule has 1 aliphatic heterocycles. The van der Waals surface area contributed by atoms with Gasteiger partial charge in [0.2, 0.25) is 5.91 Å². The van der Waals surface area contributed by atoms with Crippen LogP contribution in [-0.2, 0) is 26.3 Å². The zero-order valence-corrected chi connectivity index (χ0v) is 51.2. The Morgan fingerprint density at radius 1 is 1.01 bits per heavy atom. The first-order chi connectivity index (χ1) is 36.0. The molecule has 16 heteroatoms. The van der Waals surface area contributed by atoms with E-state index in [0.29, 0.717) is 30.6 Å². The molecule has 3 atom stereocenters. The molecule has 2 amide bonds. The number of ketones is 1. The van der Waals surface area contributed by atoms with Gasteiger partial charge in [-0.15, -0.1) is 11.3 Å². The van der Waals surface area contributed by atoms with E-state index in [4.69, 9.17) is 5.41 Å². The van der Waals surface area contributed by atoms with Crippen molar-refractivity contribution in [3.05, 3.63) is 87.6 Å². The Bertz CT molecular complexity index is 2680. The summed E-state index contributed by atoms with van der Waals surface area (Å²) in [7, 11) is 3.76. The van der Waals surface area contributed by atoms with Crippen LogP contribution in [0.3, 0.4) is 0 Å². The van der Waals surface area contributed by atoms with Crippen molar-refractivity contribution < 1.29 is 70.2 Å². The van der Waals surface area contributed by atoms with Gasteiger partial charge in [-0.05, 0) is 164 Å². The van der Waals surface area contributed by atoms with Crippen molar-refractivity contribution in [2.45, 2.75) is 152 Å². The average molecular weight is 1100 g/mol. The predicted octanol–water partition coefficient (Wildman–Crippen LogP) is 8.09. The Morgan fingerprint density at radius 3 is 2.29 bits per heavy atom. The molecular weight excluding hydrogens is 1020 g/mol. The Labute approximate surface area is 503 Å². The number of likely N-dealkylation sites (N-methyl/N-ethyl adjacent to an activating group) is 1. The number of thiazole rings is 1. The summed E-state index contributed by atoms with van der Waals surface area (Å²) >= 11 is 3.05. The Kier molecular flexibility index (Phi) is 20.7. The molecule has 76 heavy (non-hydrogen) atoms. The van der Waals surface area contributed by atoms with Gasteiger partial charge in [-0.3, -0.25) is 19.8 Å². The van der Waals surface area contributed by atoms with E-state index < -0.39 is 39.6 Å². The summed E-state index contributed by atoms with van der Waals surface area (Å²) in [5, 5.41) is 29.4. The number of benzene rings is 2. The molecule has 0 radical (unpaired) electrons. The van der Waals surface area contributed by atoms with Crippen LogP contribution in [0.15, 0.2) is 59.9 Å². The van der Waals surface area contributed by atoms with Crippen molar-refractivity contribution in [3.8, 4) is 28.4 Å². The van der Waals surface area contributed by atoms with Gasteiger partial charge in [0.05, 0.1) is 33.3 Å². The van der Waals surface area contributed by atoms with Crippen LogP contribution in [0.4, 0.5) is 10.1 Å². The summed E-state index contributed by atoms with van der Waals surface area (Å²) < 4.78 is 13.8. The number of carbonyl (C=O) groups excluding carboxylic acids is 3. The van der Waals surface area contributed by atoms with Crippen LogP contribution in [0.25, 0.3) is 15.8 Å². The van der Waals surface area contributed by atoms with E-state index in [9.17, 15) is 24.0 Å². The number of amidine groups is 1. The van der Waals surface area contributed by atoms with E-state index in [1.165, 1.54) is 63.3 Å². The second kappa shape index (κ2) is 26.1. The molecule has 9 rings (SSSR count). The largest absolute Gasteiger partial charge is 1.00 e. The molecule has 5 aliphatic carbocycles. The number of aromatic nitrogens is 1. The molecule has 1 saturated heterocycles. The molecule has 12 nitrogen and oxygen atoms in total. The second-order valence-electron chi connectivity index (χ2n) is 22.8. The number of thioether (sulfide) groups is 1. The number of carbonyl (C=O) groups is 3. The number of nitriles is 1. The maximum atomic E-state index is 14.4. The minimum atomic E-state index is -1.85. The van der Waals surface area contributed by atoms with Crippen molar-refractivity contribution in [3.63, 3.8) is 0 Å². The molecule has 1 spiro atoms. The number of nitrogens with one attached hydrogen (secondary N) is 3. The molecule has 6 fully saturated rings. The van der Waals surface area contributed by atoms with Crippen molar-refractivity contribution in [2.75, 3.05) is 58.0 Å². The first-order valence-electron chi connectivity index (χ1n) is 27.5. The van der Waals surface area contributed by atoms with Crippen LogP contribution < -0.4 is 66.9 Å². The fraction of sp³-hybridized carbons (Fsp3) is 0.600. The SMILES string of the molecule is CCC#Cc1ccc(C2(C#N)CC3(CC3)C2)cc1N(C)C(=N)/C=C(\[N-]C)N1CCN(CC2CCCCC2)CC1.CSC(C)(C)C(NC(=O)C1(F)CC1)C(=O)C1CCCC1C(=O)NCc1ccc(-c2scnc2C)cc1.[K+]. The molecule has 5 saturated carbocycles. The van der Waals surface area contributed by atoms with Crippen LogP contribution in [0.5, 0.6) is 0 Å². The number of hydrogen-bond acceptors (Lipinski definition) is 10. The van der Waals surface area contributed by atoms with Gasteiger partial charge < -0.3 is 30.7 Å². The van der Waals surface area contributed by atoms with Gasteiger partial charge in [0.25, 0.3) is 5.91 Å². The van der Waals surface area contributed by atoms with Gasteiger partial charge in [-0.25, -0.2) is 9.37 Å². The summed E-state index contributed by atoms with van der Waals surface area (Å²) in [5.41, 5.74) is 5.93. The van der Waals surface area contributed by atoms with E-state index >= 15 is 0 Å². The number of aryl methyl sites for hydroxylation is 1. The topological polar surface area (TPSA) is 160 Å². The number of nitrogens with zero attached hydrogens (tertiary/aromatic N) is 6. The van der Waals surface area contributed by atoms with Crippen LogP contribution in [0.1, 0.15) is 139 Å². The van der Waals surface area contributed by atoms with Crippen LogP contribution in [0, 0.1) is 58.7 Å². The molecule has 2 aromatic carbocycles. The minimum absolute atomic E-state index is 0. The van der Waals surface area contributed by atoms with E-state index in [1.54, 1.807) is 11.3 Å². The summed E-state index contributed by atoms with van der Waals surface area (Å²) in [4.78, 5) is 51.6. The number of piperazine rings is 1. The second-order valence-corrected chi connectivity index (χ2v) is 25.1. The van der Waals surface area contributed by atoms with Gasteiger partial charge in [0.15, 0.2) is 11.5 Å². The summed E-state index contributed by atoms with van der Waals surface area (Å²) in [6, 6.07) is 16.1. The normalized spacial score (nSPS) is 21.7. The minimum Gasteiger partial charge on any atom is -0.469 e. The maximum absolute atomic E-state index is 14.4. The third-order valence-electron chi connectivity index (χ3n) is 17.2. The zero-order valence-electron chi connectivity index (χ0n) is 46.5. The van der Waals surface area contributed by atoms with E-state index in [-0.39, 0.29) is 75.9 Å². The van der Waals surface area contributed by atoms with Crippen LogP contribution in [-0.4, -0.2) is 108 Å². The molecule has 3 N–H and O–H groups in total. The third-order valence-corrected chi connectivity index (χ3v) is 19.4. The van der Waals surface area contributed by atoms with Gasteiger partial charge >= 0.3 is 51.4 Å². The van der Waals surface area contributed by atoms with E-state index in [1.807, 2.05) is 88.8 Å². The van der Waals surface area contributed by atoms with Gasteiger partial charge in [-0.2, -0.15) is 17.0 Å². The first-order valence-corrected chi connectivity index (χ1v) is 29.6. The molecule has 3 aromatic rings. The van der Waals surface area contributed by atoms with Crippen molar-refractivity contribution in [1.82, 2.24) is 25.4 Å². The van der Waals surface area contributed by atoms with Crippen molar-refractivity contribution >= 4 is 52.2 Å². The van der Waals surface area contributed by atoms with E-state index in [2.05, 4.69) is 66.8 Å². The Hall–Kier alpha value is -3.58. The van der Waals surface area contributed by atoms with Gasteiger partial charge in [-0.1, -0.05) is 87.6 Å². The quantitative estimate of drug-likeness (QED) is 0.0526. The fourth-order valence-corrected chi connectivity index (χ4v) is 13.1. The van der Waals surface area contributed by atoms with Crippen molar-refractivity contribution in [2.24, 2.45) is 23.2 Å². The summed E-state index contributed by atoms with van der Waals surface area (Å²) in [6.07, 6.45) is 18.3. The predicted molar refractivity (Wildman–Crippen MR) is 302 cm³/mol. The van der Waals surface area contributed by atoms with Gasteiger partial charge in [0.1, 0.15) is 11.9 Å². The fourth-order valence-electron chi connectivity index (χ4n) is 11.8. The maximum Gasteiger partial charge on any atom is 1.00 e. The number of amides is 2. The number of rotatable bonds is 17. The van der Waals surface area contributed by atoms with Crippen LogP contribution >= 0.6 is 23.1 Å². The Morgan fingerprint density at radius 2 is 1.70 bits per heavy atom. The molecule has 2 heterocycles. The smallest absolute Gasteiger partial charge is 0.469 e. The molecule has 6 aliphatic rings. The third kappa shape index (κ3) is 14.2. The van der Waals surface area contributed by atoms with E-state index in [0.717, 1.165) is 102 Å².